The third-order valence-corrected chi connectivity index (χ3v) is 4.39. The van der Waals surface area contributed by atoms with Gasteiger partial charge in [0.15, 0.2) is 0 Å². The molecule has 3 aromatic rings. The zero-order valence-electron chi connectivity index (χ0n) is 15.3. The van der Waals surface area contributed by atoms with Crippen LogP contribution in [0.1, 0.15) is 27.9 Å². The van der Waals surface area contributed by atoms with Gasteiger partial charge in [0.2, 0.25) is 0 Å². The second-order valence-electron chi connectivity index (χ2n) is 6.50. The summed E-state index contributed by atoms with van der Waals surface area (Å²) in [6.07, 6.45) is -1.48. The smallest absolute Gasteiger partial charge is 0.352 e. The molecule has 0 fully saturated rings. The van der Waals surface area contributed by atoms with Gasteiger partial charge in [-0.1, -0.05) is 42.5 Å². The SMILES string of the molecule is O=C(NCCCc1ccc(-c2ccccc2F)cc1)c1cncc(C(F)(F)F)c1. The van der Waals surface area contributed by atoms with Gasteiger partial charge in [0.25, 0.3) is 5.91 Å². The Morgan fingerprint density at radius 1 is 1.00 bits per heavy atom. The fourth-order valence-electron chi connectivity index (χ4n) is 2.86. The number of benzene rings is 2. The van der Waals surface area contributed by atoms with Crippen LogP contribution < -0.4 is 5.32 Å². The highest BCUT2D eigenvalue weighted by Crippen LogP contribution is 2.29. The average molecular weight is 402 g/mol. The number of nitrogens with one attached hydrogen (secondary N) is 1. The van der Waals surface area contributed by atoms with E-state index in [1.54, 1.807) is 18.2 Å². The molecule has 3 rings (SSSR count). The van der Waals surface area contributed by atoms with E-state index in [9.17, 15) is 22.4 Å². The van der Waals surface area contributed by atoms with Crippen molar-refractivity contribution in [3.05, 3.63) is 89.5 Å². The number of hydrogen-bond acceptors (Lipinski definition) is 2. The highest BCUT2D eigenvalue weighted by molar-refractivity contribution is 5.94. The van der Waals surface area contributed by atoms with Gasteiger partial charge in [0.05, 0.1) is 11.1 Å². The molecule has 0 saturated carbocycles. The molecule has 0 aliphatic rings. The molecule has 3 nitrogen and oxygen atoms in total. The number of nitrogens with zero attached hydrogens (tertiary/aromatic N) is 1. The van der Waals surface area contributed by atoms with E-state index >= 15 is 0 Å². The Bertz CT molecular complexity index is 985. The highest BCUT2D eigenvalue weighted by atomic mass is 19.4. The summed E-state index contributed by atoms with van der Waals surface area (Å²) in [6.45, 7) is 0.310. The van der Waals surface area contributed by atoms with Crippen molar-refractivity contribution in [3.63, 3.8) is 0 Å². The van der Waals surface area contributed by atoms with Crippen molar-refractivity contribution in [1.82, 2.24) is 10.3 Å². The van der Waals surface area contributed by atoms with Crippen LogP contribution in [0.15, 0.2) is 67.0 Å². The molecule has 1 heterocycles. The molecule has 2 aromatic carbocycles. The van der Waals surface area contributed by atoms with E-state index in [0.717, 1.165) is 23.4 Å². The van der Waals surface area contributed by atoms with E-state index < -0.39 is 17.6 Å². The summed E-state index contributed by atoms with van der Waals surface area (Å²) < 4.78 is 51.9. The number of carbonyl (C=O) groups excluding carboxylic acids is 1. The molecular weight excluding hydrogens is 384 g/mol. The van der Waals surface area contributed by atoms with Crippen LogP contribution in [0, 0.1) is 5.82 Å². The van der Waals surface area contributed by atoms with Crippen LogP contribution in [0.3, 0.4) is 0 Å². The number of pyridine rings is 1. The fraction of sp³-hybridized carbons (Fsp3) is 0.182. The van der Waals surface area contributed by atoms with Gasteiger partial charge < -0.3 is 5.32 Å². The second kappa shape index (κ2) is 8.86. The van der Waals surface area contributed by atoms with Gasteiger partial charge in [-0.15, -0.1) is 0 Å². The Kier molecular flexibility index (Phi) is 6.26. The number of aromatic nitrogens is 1. The number of amides is 1. The van der Waals surface area contributed by atoms with Crippen molar-refractivity contribution in [1.29, 1.82) is 0 Å². The number of alkyl halides is 3. The molecule has 7 heteroatoms. The van der Waals surface area contributed by atoms with E-state index in [1.807, 2.05) is 24.3 Å². The van der Waals surface area contributed by atoms with Gasteiger partial charge in [-0.3, -0.25) is 9.78 Å². The summed E-state index contributed by atoms with van der Waals surface area (Å²) in [5, 5.41) is 2.60. The number of aryl methyl sites for hydroxylation is 1. The van der Waals surface area contributed by atoms with Gasteiger partial charge in [0, 0.05) is 24.5 Å². The van der Waals surface area contributed by atoms with Crippen LogP contribution in [0.2, 0.25) is 0 Å². The zero-order valence-corrected chi connectivity index (χ0v) is 15.3. The Hall–Kier alpha value is -3.22. The molecule has 0 unspecified atom stereocenters. The van der Waals surface area contributed by atoms with E-state index in [2.05, 4.69) is 10.3 Å². The van der Waals surface area contributed by atoms with Crippen molar-refractivity contribution < 1.29 is 22.4 Å². The van der Waals surface area contributed by atoms with E-state index in [4.69, 9.17) is 0 Å². The molecule has 1 N–H and O–H groups in total. The molecule has 0 bridgehead atoms. The maximum absolute atomic E-state index is 13.8. The predicted molar refractivity (Wildman–Crippen MR) is 102 cm³/mol. The van der Waals surface area contributed by atoms with E-state index in [1.165, 1.54) is 6.07 Å². The van der Waals surface area contributed by atoms with E-state index in [-0.39, 0.29) is 11.4 Å². The minimum atomic E-state index is -4.54. The quantitative estimate of drug-likeness (QED) is 0.451. The van der Waals surface area contributed by atoms with Crippen LogP contribution in [-0.4, -0.2) is 17.4 Å². The summed E-state index contributed by atoms with van der Waals surface area (Å²) in [7, 11) is 0. The molecule has 0 saturated heterocycles. The van der Waals surface area contributed by atoms with Gasteiger partial charge >= 0.3 is 6.18 Å². The first-order chi connectivity index (χ1) is 13.8. The Balaban J connectivity index is 1.51. The van der Waals surface area contributed by atoms with Crippen molar-refractivity contribution in [2.45, 2.75) is 19.0 Å². The predicted octanol–water partition coefficient (Wildman–Crippen LogP) is 5.27. The lowest BCUT2D eigenvalue weighted by Gasteiger charge is -2.09. The highest BCUT2D eigenvalue weighted by Gasteiger charge is 2.31. The van der Waals surface area contributed by atoms with Gasteiger partial charge in [-0.2, -0.15) is 13.2 Å². The molecular formula is C22H18F4N2O. The summed E-state index contributed by atoms with van der Waals surface area (Å²) in [6, 6.07) is 14.8. The third-order valence-electron chi connectivity index (χ3n) is 4.39. The summed E-state index contributed by atoms with van der Waals surface area (Å²) in [5.74, 6) is -0.884. The van der Waals surface area contributed by atoms with Crippen LogP contribution in [-0.2, 0) is 12.6 Å². The van der Waals surface area contributed by atoms with Crippen molar-refractivity contribution in [2.75, 3.05) is 6.54 Å². The summed E-state index contributed by atoms with van der Waals surface area (Å²) >= 11 is 0. The maximum Gasteiger partial charge on any atom is 0.417 e. The number of hydrogen-bond donors (Lipinski definition) is 1. The first kappa shape index (κ1) is 20.5. The number of rotatable bonds is 6. The first-order valence-corrected chi connectivity index (χ1v) is 8.99. The van der Waals surface area contributed by atoms with Crippen LogP contribution in [0.25, 0.3) is 11.1 Å². The minimum Gasteiger partial charge on any atom is -0.352 e. The Morgan fingerprint density at radius 2 is 1.72 bits per heavy atom. The molecule has 0 aliphatic carbocycles. The molecule has 0 atom stereocenters. The molecule has 0 aliphatic heterocycles. The normalized spacial score (nSPS) is 11.3. The topological polar surface area (TPSA) is 42.0 Å². The monoisotopic (exact) mass is 402 g/mol. The average Bonchev–Trinajstić information content (AvgIpc) is 2.71. The molecule has 29 heavy (non-hydrogen) atoms. The summed E-state index contributed by atoms with van der Waals surface area (Å²) in [4.78, 5) is 15.5. The summed E-state index contributed by atoms with van der Waals surface area (Å²) in [5.41, 5.74) is 1.23. The fourth-order valence-corrected chi connectivity index (χ4v) is 2.86. The first-order valence-electron chi connectivity index (χ1n) is 8.99. The molecule has 150 valence electrons. The molecule has 1 amide bonds. The van der Waals surface area contributed by atoms with Crippen LogP contribution in [0.5, 0.6) is 0 Å². The molecule has 0 radical (unpaired) electrons. The second-order valence-corrected chi connectivity index (χ2v) is 6.50. The van der Waals surface area contributed by atoms with Crippen molar-refractivity contribution >= 4 is 5.91 Å². The van der Waals surface area contributed by atoms with Crippen molar-refractivity contribution in [2.24, 2.45) is 0 Å². The Morgan fingerprint density at radius 3 is 2.41 bits per heavy atom. The van der Waals surface area contributed by atoms with E-state index in [0.29, 0.717) is 31.1 Å². The lowest BCUT2D eigenvalue weighted by atomic mass is 10.0. The van der Waals surface area contributed by atoms with Crippen LogP contribution in [0.4, 0.5) is 17.6 Å². The molecule has 1 aromatic heterocycles. The largest absolute Gasteiger partial charge is 0.417 e. The minimum absolute atomic E-state index is 0.130. The third kappa shape index (κ3) is 5.40. The lowest BCUT2D eigenvalue weighted by molar-refractivity contribution is -0.137. The lowest BCUT2D eigenvalue weighted by Crippen LogP contribution is -2.25. The number of halogens is 4. The maximum atomic E-state index is 13.8. The van der Waals surface area contributed by atoms with Crippen molar-refractivity contribution in [3.8, 4) is 11.1 Å². The van der Waals surface area contributed by atoms with Gasteiger partial charge in [-0.05, 0) is 36.1 Å². The van der Waals surface area contributed by atoms with Gasteiger partial charge in [-0.25, -0.2) is 4.39 Å². The Labute approximate surface area is 165 Å². The standard InChI is InChI=1S/C22H18F4N2O/c23-20-6-2-1-5-19(20)16-9-7-15(8-10-16)4-3-11-28-21(29)17-12-18(14-27-13-17)22(24,25)26/h1-2,5-10,12-14H,3-4,11H2,(H,28,29). The van der Waals surface area contributed by atoms with Crippen LogP contribution >= 0.6 is 0 Å². The van der Waals surface area contributed by atoms with Gasteiger partial charge in [0.1, 0.15) is 5.82 Å². The number of carbonyl (C=O) groups is 1. The molecule has 0 spiro atoms. The zero-order chi connectivity index (χ0) is 20.9.